The minimum atomic E-state index is -0.493. The molecule has 5 nitrogen and oxygen atoms in total. The highest BCUT2D eigenvalue weighted by Crippen LogP contribution is 2.35. The topological polar surface area (TPSA) is 66.5 Å². The van der Waals surface area contributed by atoms with Crippen LogP contribution in [-0.4, -0.2) is 23.0 Å². The normalized spacial score (nSPS) is 15.8. The smallest absolute Gasteiger partial charge is 0.257 e. The minimum Gasteiger partial charge on any atom is -0.322 e. The van der Waals surface area contributed by atoms with E-state index in [1.807, 2.05) is 26.0 Å². The Labute approximate surface area is 206 Å². The van der Waals surface area contributed by atoms with Crippen LogP contribution in [0.4, 0.5) is 11.4 Å². The molecule has 1 N–H and O–H groups in total. The van der Waals surface area contributed by atoms with Crippen LogP contribution in [0.3, 0.4) is 0 Å². The molecule has 1 saturated heterocycles. The summed E-state index contributed by atoms with van der Waals surface area (Å²) in [4.78, 5) is 40.1. The first kappa shape index (κ1) is 23.4. The number of halogens is 2. The third-order valence-corrected chi connectivity index (χ3v) is 7.17. The summed E-state index contributed by atoms with van der Waals surface area (Å²) >= 11 is 13.3. The number of nitrogens with one attached hydrogen (secondary N) is 1. The Balaban J connectivity index is 1.42. The highest BCUT2D eigenvalue weighted by molar-refractivity contribution is 8.00. The molecule has 0 bridgehead atoms. The second kappa shape index (κ2) is 9.59. The fourth-order valence-corrected chi connectivity index (χ4v) is 5.03. The molecule has 1 heterocycles. The van der Waals surface area contributed by atoms with Crippen LogP contribution in [0.25, 0.3) is 0 Å². The molecule has 168 valence electrons. The summed E-state index contributed by atoms with van der Waals surface area (Å²) in [5.74, 6) is -0.773. The van der Waals surface area contributed by atoms with Crippen molar-refractivity contribution >= 4 is 64.1 Å². The number of thioether (sulfide) groups is 1. The summed E-state index contributed by atoms with van der Waals surface area (Å²) in [6.45, 7) is 3.94. The van der Waals surface area contributed by atoms with Crippen molar-refractivity contribution in [2.24, 2.45) is 0 Å². The molecule has 4 rings (SSSR count). The largest absolute Gasteiger partial charge is 0.322 e. The minimum absolute atomic E-state index is 0.143. The maximum absolute atomic E-state index is 12.9. The molecule has 33 heavy (non-hydrogen) atoms. The zero-order valence-corrected chi connectivity index (χ0v) is 20.2. The third kappa shape index (κ3) is 5.08. The summed E-state index contributed by atoms with van der Waals surface area (Å²) < 4.78 is 0. The van der Waals surface area contributed by atoms with E-state index in [0.29, 0.717) is 22.0 Å². The number of benzene rings is 3. The van der Waals surface area contributed by atoms with Gasteiger partial charge in [-0.25, -0.2) is 4.90 Å². The van der Waals surface area contributed by atoms with Crippen molar-refractivity contribution in [3.05, 3.63) is 87.4 Å². The quantitative estimate of drug-likeness (QED) is 0.420. The van der Waals surface area contributed by atoms with Crippen molar-refractivity contribution in [1.82, 2.24) is 0 Å². The molecule has 1 aliphatic rings. The molecule has 0 aliphatic carbocycles. The first-order valence-corrected chi connectivity index (χ1v) is 11.8. The molecule has 0 radical (unpaired) electrons. The summed E-state index contributed by atoms with van der Waals surface area (Å²) in [5, 5.41) is 3.02. The number of carbonyl (C=O) groups is 3. The van der Waals surface area contributed by atoms with Crippen molar-refractivity contribution < 1.29 is 14.4 Å². The number of carbonyl (C=O) groups excluding carboxylic acids is 3. The van der Waals surface area contributed by atoms with Crippen molar-refractivity contribution in [2.45, 2.75) is 30.4 Å². The van der Waals surface area contributed by atoms with Crippen LogP contribution in [0.5, 0.6) is 0 Å². The Morgan fingerprint density at radius 2 is 1.70 bits per heavy atom. The molecule has 1 atom stereocenters. The third-order valence-electron chi connectivity index (χ3n) is 5.42. The Bertz CT molecular complexity index is 1260. The van der Waals surface area contributed by atoms with Gasteiger partial charge >= 0.3 is 0 Å². The maximum atomic E-state index is 12.9. The van der Waals surface area contributed by atoms with Gasteiger partial charge in [-0.3, -0.25) is 14.4 Å². The number of rotatable bonds is 5. The van der Waals surface area contributed by atoms with Gasteiger partial charge in [-0.15, -0.1) is 11.8 Å². The lowest BCUT2D eigenvalue weighted by Gasteiger charge is -2.16. The average Bonchev–Trinajstić information content (AvgIpc) is 3.04. The number of hydrogen-bond acceptors (Lipinski definition) is 4. The first-order chi connectivity index (χ1) is 15.7. The number of nitrogens with zero attached hydrogens (tertiary/aromatic N) is 1. The predicted molar refractivity (Wildman–Crippen MR) is 134 cm³/mol. The average molecular weight is 499 g/mol. The van der Waals surface area contributed by atoms with E-state index >= 15 is 0 Å². The van der Waals surface area contributed by atoms with Crippen molar-refractivity contribution in [3.8, 4) is 0 Å². The molecule has 1 fully saturated rings. The van der Waals surface area contributed by atoms with Crippen LogP contribution < -0.4 is 10.2 Å². The molecule has 3 amide bonds. The molecular weight excluding hydrogens is 479 g/mol. The van der Waals surface area contributed by atoms with E-state index in [1.165, 1.54) is 22.7 Å². The fraction of sp³-hybridized carbons (Fsp3) is 0.160. The zero-order chi connectivity index (χ0) is 23.7. The molecule has 0 aromatic heterocycles. The summed E-state index contributed by atoms with van der Waals surface area (Å²) in [6, 6.07) is 17.4. The Morgan fingerprint density at radius 1 is 0.970 bits per heavy atom. The second-order valence-corrected chi connectivity index (χ2v) is 9.87. The summed E-state index contributed by atoms with van der Waals surface area (Å²) in [7, 11) is 0. The van der Waals surface area contributed by atoms with Gasteiger partial charge in [0.2, 0.25) is 11.8 Å². The summed E-state index contributed by atoms with van der Waals surface area (Å²) in [5.41, 5.74) is 3.65. The standard InChI is InChI=1S/C25H20Cl2N2O3S/c1-14-3-7-18(11-15(14)2)29-23(30)13-22(25(29)32)33-19-8-5-17(6-9-19)28-24(31)20-10-4-16(26)12-21(20)27/h3-12,22H,13H2,1-2H3,(H,28,31). The summed E-state index contributed by atoms with van der Waals surface area (Å²) in [6.07, 6.45) is 0.143. The number of imide groups is 1. The molecule has 8 heteroatoms. The highest BCUT2D eigenvalue weighted by Gasteiger charge is 2.40. The van der Waals surface area contributed by atoms with Crippen LogP contribution in [-0.2, 0) is 9.59 Å². The SMILES string of the molecule is Cc1ccc(N2C(=O)CC(Sc3ccc(NC(=O)c4ccc(Cl)cc4Cl)cc3)C2=O)cc1C. The van der Waals surface area contributed by atoms with Crippen molar-refractivity contribution in [3.63, 3.8) is 0 Å². The van der Waals surface area contributed by atoms with E-state index in [9.17, 15) is 14.4 Å². The lowest BCUT2D eigenvalue weighted by Crippen LogP contribution is -2.31. The Hall–Kier alpha value is -2.80. The molecule has 1 aliphatic heterocycles. The van der Waals surface area contributed by atoms with Gasteiger partial charge in [0.15, 0.2) is 0 Å². The Morgan fingerprint density at radius 3 is 2.36 bits per heavy atom. The van der Waals surface area contributed by atoms with E-state index < -0.39 is 5.25 Å². The van der Waals surface area contributed by atoms with E-state index in [1.54, 1.807) is 42.5 Å². The van der Waals surface area contributed by atoms with Crippen LogP contribution in [0, 0.1) is 13.8 Å². The number of hydrogen-bond donors (Lipinski definition) is 1. The first-order valence-electron chi connectivity index (χ1n) is 10.2. The lowest BCUT2D eigenvalue weighted by atomic mass is 10.1. The van der Waals surface area contributed by atoms with E-state index in [4.69, 9.17) is 23.2 Å². The zero-order valence-electron chi connectivity index (χ0n) is 17.9. The van der Waals surface area contributed by atoms with Gasteiger partial charge in [0.05, 0.1) is 21.5 Å². The fourth-order valence-electron chi connectivity index (χ4n) is 3.49. The van der Waals surface area contributed by atoms with Gasteiger partial charge in [-0.1, -0.05) is 29.3 Å². The molecule has 0 saturated carbocycles. The van der Waals surface area contributed by atoms with Gasteiger partial charge < -0.3 is 5.32 Å². The van der Waals surface area contributed by atoms with Gasteiger partial charge in [0, 0.05) is 22.0 Å². The van der Waals surface area contributed by atoms with Crippen LogP contribution in [0.1, 0.15) is 27.9 Å². The number of amides is 3. The van der Waals surface area contributed by atoms with Gasteiger partial charge in [0.25, 0.3) is 5.91 Å². The molecule has 0 spiro atoms. The molecular formula is C25H20Cl2N2O3S. The maximum Gasteiger partial charge on any atom is 0.257 e. The van der Waals surface area contributed by atoms with Gasteiger partial charge in [-0.2, -0.15) is 0 Å². The van der Waals surface area contributed by atoms with E-state index in [2.05, 4.69) is 5.32 Å². The van der Waals surface area contributed by atoms with E-state index in [-0.39, 0.29) is 29.2 Å². The molecule has 3 aromatic carbocycles. The van der Waals surface area contributed by atoms with Crippen LogP contribution in [0.15, 0.2) is 65.6 Å². The Kier molecular flexibility index (Phi) is 6.79. The highest BCUT2D eigenvalue weighted by atomic mass is 35.5. The molecule has 3 aromatic rings. The second-order valence-electron chi connectivity index (χ2n) is 7.75. The van der Waals surface area contributed by atoms with E-state index in [0.717, 1.165) is 16.0 Å². The van der Waals surface area contributed by atoms with Crippen LogP contribution in [0.2, 0.25) is 10.0 Å². The number of anilines is 2. The van der Waals surface area contributed by atoms with Crippen LogP contribution >= 0.6 is 35.0 Å². The molecule has 1 unspecified atom stereocenters. The van der Waals surface area contributed by atoms with Crippen molar-refractivity contribution in [2.75, 3.05) is 10.2 Å². The van der Waals surface area contributed by atoms with Crippen molar-refractivity contribution in [1.29, 1.82) is 0 Å². The predicted octanol–water partition coefficient (Wildman–Crippen LogP) is 6.29. The monoisotopic (exact) mass is 498 g/mol. The van der Waals surface area contributed by atoms with Gasteiger partial charge in [-0.05, 0) is 79.6 Å². The number of aryl methyl sites for hydroxylation is 2. The lowest BCUT2D eigenvalue weighted by molar-refractivity contribution is -0.121. The van der Waals surface area contributed by atoms with Gasteiger partial charge in [0.1, 0.15) is 0 Å².